The molecular weight excluding hydrogens is 210 g/mol. The number of hydrogen-bond donors (Lipinski definition) is 1. The van der Waals surface area contributed by atoms with Gasteiger partial charge < -0.3 is 10.5 Å². The number of rotatable bonds is 5. The fourth-order valence-electron chi connectivity index (χ4n) is 1.61. The lowest BCUT2D eigenvalue weighted by molar-refractivity contribution is 0.240. The fourth-order valence-corrected chi connectivity index (χ4v) is 1.61. The van der Waals surface area contributed by atoms with E-state index in [-0.39, 0.29) is 6.04 Å². The summed E-state index contributed by atoms with van der Waals surface area (Å²) in [6.45, 7) is 9.51. The lowest BCUT2D eigenvalue weighted by atomic mass is 9.93. The Morgan fingerprint density at radius 3 is 2.47 bits per heavy atom. The summed E-state index contributed by atoms with van der Waals surface area (Å²) in [6.07, 6.45) is 1.97. The van der Waals surface area contributed by atoms with Crippen LogP contribution in [0.25, 0.3) is 0 Å². The topological polar surface area (TPSA) is 35.2 Å². The highest BCUT2D eigenvalue weighted by Crippen LogP contribution is 2.26. The van der Waals surface area contributed by atoms with Crippen molar-refractivity contribution in [2.24, 2.45) is 11.1 Å². The summed E-state index contributed by atoms with van der Waals surface area (Å²) < 4.78 is 5.86. The molecule has 0 fully saturated rings. The van der Waals surface area contributed by atoms with E-state index in [9.17, 15) is 0 Å². The van der Waals surface area contributed by atoms with Crippen LogP contribution in [-0.4, -0.2) is 6.61 Å². The SMILES string of the molecule is CC[C@@H](N)c1ccccc1OCCC(C)(C)C. The van der Waals surface area contributed by atoms with Gasteiger partial charge in [-0.3, -0.25) is 0 Å². The Kier molecular flexibility index (Phi) is 5.01. The van der Waals surface area contributed by atoms with Crippen LogP contribution >= 0.6 is 0 Å². The van der Waals surface area contributed by atoms with E-state index < -0.39 is 0 Å². The lowest BCUT2D eigenvalue weighted by Crippen LogP contribution is -2.14. The number of ether oxygens (including phenoxy) is 1. The molecule has 0 saturated heterocycles. The van der Waals surface area contributed by atoms with Crippen molar-refractivity contribution in [2.75, 3.05) is 6.61 Å². The molecule has 2 N–H and O–H groups in total. The van der Waals surface area contributed by atoms with Gasteiger partial charge in [0.15, 0.2) is 0 Å². The van der Waals surface area contributed by atoms with Gasteiger partial charge in [-0.1, -0.05) is 45.9 Å². The van der Waals surface area contributed by atoms with Crippen LogP contribution in [0.1, 0.15) is 52.1 Å². The minimum absolute atomic E-state index is 0.0702. The lowest BCUT2D eigenvalue weighted by Gasteiger charge is -2.20. The summed E-state index contributed by atoms with van der Waals surface area (Å²) in [4.78, 5) is 0. The number of nitrogens with two attached hydrogens (primary N) is 1. The van der Waals surface area contributed by atoms with Crippen LogP contribution in [0.2, 0.25) is 0 Å². The van der Waals surface area contributed by atoms with E-state index in [2.05, 4.69) is 33.8 Å². The van der Waals surface area contributed by atoms with Crippen molar-refractivity contribution in [3.8, 4) is 5.75 Å². The molecule has 0 aromatic heterocycles. The first-order chi connectivity index (χ1) is 7.94. The van der Waals surface area contributed by atoms with Gasteiger partial charge in [0, 0.05) is 11.6 Å². The average molecular weight is 235 g/mol. The van der Waals surface area contributed by atoms with Crippen LogP contribution in [0, 0.1) is 5.41 Å². The van der Waals surface area contributed by atoms with Crippen LogP contribution in [0.5, 0.6) is 5.75 Å². The average Bonchev–Trinajstić information content (AvgIpc) is 2.27. The Hall–Kier alpha value is -1.02. The predicted molar refractivity (Wildman–Crippen MR) is 73.2 cm³/mol. The van der Waals surface area contributed by atoms with Crippen LogP contribution in [0.3, 0.4) is 0 Å². The molecular formula is C15H25NO. The molecule has 0 aliphatic rings. The molecule has 0 heterocycles. The van der Waals surface area contributed by atoms with Crippen molar-refractivity contribution < 1.29 is 4.74 Å². The first-order valence-corrected chi connectivity index (χ1v) is 6.41. The molecule has 0 saturated carbocycles. The molecule has 1 atom stereocenters. The van der Waals surface area contributed by atoms with Gasteiger partial charge in [0.1, 0.15) is 5.75 Å². The zero-order chi connectivity index (χ0) is 12.9. The maximum absolute atomic E-state index is 6.07. The van der Waals surface area contributed by atoms with E-state index in [4.69, 9.17) is 10.5 Å². The van der Waals surface area contributed by atoms with E-state index in [1.165, 1.54) is 0 Å². The highest BCUT2D eigenvalue weighted by Gasteiger charge is 2.12. The molecule has 0 aliphatic carbocycles. The van der Waals surface area contributed by atoms with Crippen molar-refractivity contribution in [2.45, 2.75) is 46.6 Å². The van der Waals surface area contributed by atoms with Crippen molar-refractivity contribution in [3.63, 3.8) is 0 Å². The number of benzene rings is 1. The maximum Gasteiger partial charge on any atom is 0.124 e. The second-order valence-electron chi connectivity index (χ2n) is 5.71. The summed E-state index contributed by atoms with van der Waals surface area (Å²) in [7, 11) is 0. The number of para-hydroxylation sites is 1. The van der Waals surface area contributed by atoms with Crippen molar-refractivity contribution in [3.05, 3.63) is 29.8 Å². The maximum atomic E-state index is 6.07. The van der Waals surface area contributed by atoms with E-state index in [1.54, 1.807) is 0 Å². The Morgan fingerprint density at radius 2 is 1.88 bits per heavy atom. The van der Waals surface area contributed by atoms with Crippen molar-refractivity contribution in [1.29, 1.82) is 0 Å². The molecule has 0 unspecified atom stereocenters. The van der Waals surface area contributed by atoms with E-state index in [1.807, 2.05) is 18.2 Å². The highest BCUT2D eigenvalue weighted by atomic mass is 16.5. The minimum atomic E-state index is 0.0702. The Bertz CT molecular complexity index is 341. The summed E-state index contributed by atoms with van der Waals surface area (Å²) in [5, 5.41) is 0. The van der Waals surface area contributed by atoms with E-state index in [0.29, 0.717) is 5.41 Å². The second kappa shape index (κ2) is 6.06. The summed E-state index contributed by atoms with van der Waals surface area (Å²) in [5.74, 6) is 0.936. The van der Waals surface area contributed by atoms with Gasteiger partial charge in [-0.05, 0) is 24.3 Å². The van der Waals surface area contributed by atoms with E-state index >= 15 is 0 Å². The van der Waals surface area contributed by atoms with Crippen molar-refractivity contribution >= 4 is 0 Å². The first-order valence-electron chi connectivity index (χ1n) is 6.41. The molecule has 1 aromatic rings. The molecule has 0 amide bonds. The van der Waals surface area contributed by atoms with Crippen molar-refractivity contribution in [1.82, 2.24) is 0 Å². The summed E-state index contributed by atoms with van der Waals surface area (Å²) in [5.41, 5.74) is 7.49. The van der Waals surface area contributed by atoms with Gasteiger partial charge >= 0.3 is 0 Å². The molecule has 0 spiro atoms. The standard InChI is InChI=1S/C15H25NO/c1-5-13(16)12-8-6-7-9-14(12)17-11-10-15(2,3)4/h6-9,13H,5,10-11,16H2,1-4H3/t13-/m1/s1. The third kappa shape index (κ3) is 4.78. The molecule has 1 rings (SSSR count). The molecule has 0 radical (unpaired) electrons. The second-order valence-corrected chi connectivity index (χ2v) is 5.71. The normalized spacial score (nSPS) is 13.5. The molecule has 96 valence electrons. The molecule has 0 bridgehead atoms. The van der Waals surface area contributed by atoms with Crippen LogP contribution in [-0.2, 0) is 0 Å². The minimum Gasteiger partial charge on any atom is -0.493 e. The highest BCUT2D eigenvalue weighted by molar-refractivity contribution is 5.35. The zero-order valence-electron chi connectivity index (χ0n) is 11.5. The monoisotopic (exact) mass is 235 g/mol. The Morgan fingerprint density at radius 1 is 1.24 bits per heavy atom. The molecule has 1 aromatic carbocycles. The van der Waals surface area contributed by atoms with Crippen LogP contribution < -0.4 is 10.5 Å². The van der Waals surface area contributed by atoms with Crippen LogP contribution in [0.15, 0.2) is 24.3 Å². The number of hydrogen-bond acceptors (Lipinski definition) is 2. The van der Waals surface area contributed by atoms with Gasteiger partial charge in [0.05, 0.1) is 6.61 Å². The fraction of sp³-hybridized carbons (Fsp3) is 0.600. The third-order valence-corrected chi connectivity index (χ3v) is 2.87. The van der Waals surface area contributed by atoms with Gasteiger partial charge in [-0.2, -0.15) is 0 Å². The Labute approximate surface area is 105 Å². The van der Waals surface area contributed by atoms with Gasteiger partial charge in [0.25, 0.3) is 0 Å². The molecule has 17 heavy (non-hydrogen) atoms. The Balaban J connectivity index is 2.64. The third-order valence-electron chi connectivity index (χ3n) is 2.87. The quantitative estimate of drug-likeness (QED) is 0.839. The largest absolute Gasteiger partial charge is 0.493 e. The summed E-state index contributed by atoms with van der Waals surface area (Å²) in [6, 6.07) is 8.15. The van der Waals surface area contributed by atoms with E-state index in [0.717, 1.165) is 30.8 Å². The molecule has 2 nitrogen and oxygen atoms in total. The summed E-state index contributed by atoms with van der Waals surface area (Å²) >= 11 is 0. The molecule has 0 aliphatic heterocycles. The van der Waals surface area contributed by atoms with Gasteiger partial charge in [0.2, 0.25) is 0 Å². The van der Waals surface area contributed by atoms with Gasteiger partial charge in [-0.25, -0.2) is 0 Å². The molecule has 2 heteroatoms. The smallest absolute Gasteiger partial charge is 0.124 e. The first kappa shape index (κ1) is 14.0. The van der Waals surface area contributed by atoms with Gasteiger partial charge in [-0.15, -0.1) is 0 Å². The zero-order valence-corrected chi connectivity index (χ0v) is 11.5. The predicted octanol–water partition coefficient (Wildman–Crippen LogP) is 3.91. The van der Waals surface area contributed by atoms with Crippen LogP contribution in [0.4, 0.5) is 0 Å².